The summed E-state index contributed by atoms with van der Waals surface area (Å²) in [6.45, 7) is 3.35. The molecule has 0 spiro atoms. The summed E-state index contributed by atoms with van der Waals surface area (Å²) in [4.78, 5) is 17.0. The van der Waals surface area contributed by atoms with Crippen LogP contribution in [-0.2, 0) is 9.84 Å². The summed E-state index contributed by atoms with van der Waals surface area (Å²) in [6, 6.07) is 14.7. The monoisotopic (exact) mass is 444 g/mol. The Bertz CT molecular complexity index is 1500. The average molecular weight is 445 g/mol. The van der Waals surface area contributed by atoms with Crippen LogP contribution < -0.4 is 0 Å². The van der Waals surface area contributed by atoms with Gasteiger partial charge in [-0.05, 0) is 37.6 Å². The number of nitrogens with one attached hydrogen (secondary N) is 2. The Balaban J connectivity index is 1.55. The summed E-state index contributed by atoms with van der Waals surface area (Å²) in [7, 11) is -3.32. The van der Waals surface area contributed by atoms with E-state index in [0.29, 0.717) is 22.1 Å². The van der Waals surface area contributed by atoms with Gasteiger partial charge in [0.2, 0.25) is 0 Å². The molecule has 9 heteroatoms. The first kappa shape index (κ1) is 20.1. The molecule has 8 nitrogen and oxygen atoms in total. The molecular weight excluding hydrogens is 424 g/mol. The molecular formula is C23H20N6O2S. The van der Waals surface area contributed by atoms with Crippen molar-refractivity contribution in [3.63, 3.8) is 0 Å². The molecule has 0 saturated heterocycles. The van der Waals surface area contributed by atoms with Gasteiger partial charge in [-0.3, -0.25) is 5.10 Å². The molecule has 0 aliphatic heterocycles. The topological polar surface area (TPSA) is 117 Å². The maximum absolute atomic E-state index is 12.4. The third kappa shape index (κ3) is 3.46. The number of benzene rings is 2. The number of hydrogen-bond acceptors (Lipinski definition) is 6. The maximum Gasteiger partial charge on any atom is 0.180 e. The highest BCUT2D eigenvalue weighted by molar-refractivity contribution is 7.92. The Kier molecular flexibility index (Phi) is 4.82. The lowest BCUT2D eigenvalue weighted by atomic mass is 10.0. The molecule has 0 amide bonds. The average Bonchev–Trinajstić information content (AvgIpc) is 3.49. The number of sulfone groups is 1. The normalized spacial score (nSPS) is 12.0. The molecule has 0 aliphatic rings. The second-order valence-electron chi connectivity index (χ2n) is 7.69. The molecule has 5 rings (SSSR count). The molecule has 0 fully saturated rings. The molecule has 3 heterocycles. The minimum atomic E-state index is -3.32. The lowest BCUT2D eigenvalue weighted by molar-refractivity contribution is 0.587. The predicted molar refractivity (Wildman–Crippen MR) is 122 cm³/mol. The van der Waals surface area contributed by atoms with Gasteiger partial charge >= 0.3 is 0 Å². The fraction of sp³-hybridized carbons (Fsp3) is 0.130. The van der Waals surface area contributed by atoms with Crippen molar-refractivity contribution in [2.45, 2.75) is 24.0 Å². The minimum absolute atomic E-state index is 0.303. The number of hydrogen-bond donors (Lipinski definition) is 2. The van der Waals surface area contributed by atoms with Gasteiger partial charge in [0.25, 0.3) is 0 Å². The van der Waals surface area contributed by atoms with Crippen LogP contribution in [0, 0.1) is 0 Å². The predicted octanol–water partition coefficient (Wildman–Crippen LogP) is 4.26. The van der Waals surface area contributed by atoms with Gasteiger partial charge in [0.05, 0.1) is 22.0 Å². The first-order valence-corrected chi connectivity index (χ1v) is 11.6. The SMILES string of the molecule is CC(C)S(=O)(=O)c1ccc(-c2cnc3[nH]cc(-c4cccc(-c5ncn[nH]5)c4)c3n2)cc1. The molecule has 32 heavy (non-hydrogen) atoms. The van der Waals surface area contributed by atoms with Gasteiger partial charge in [-0.1, -0.05) is 30.3 Å². The zero-order valence-corrected chi connectivity index (χ0v) is 18.3. The van der Waals surface area contributed by atoms with Crippen LogP contribution in [0.1, 0.15) is 13.8 Å². The standard InChI is InChI=1S/C23H20N6O2S/c1-14(2)32(30,31)18-8-6-15(7-9-18)20-12-25-23-21(28-20)19(11-24-23)16-4-3-5-17(10-16)22-26-13-27-29-22/h3-14H,1-2H3,(H,24,25)(H,26,27,29). The molecule has 2 aromatic carbocycles. The van der Waals surface area contributed by atoms with E-state index in [1.54, 1.807) is 44.3 Å². The summed E-state index contributed by atoms with van der Waals surface area (Å²) in [5.41, 5.74) is 5.66. The van der Waals surface area contributed by atoms with Crippen molar-refractivity contribution in [1.29, 1.82) is 0 Å². The first-order valence-electron chi connectivity index (χ1n) is 10.1. The fourth-order valence-corrected chi connectivity index (χ4v) is 4.58. The van der Waals surface area contributed by atoms with Gasteiger partial charge in [0, 0.05) is 22.9 Å². The van der Waals surface area contributed by atoms with Crippen LogP contribution in [0.3, 0.4) is 0 Å². The van der Waals surface area contributed by atoms with Crippen LogP contribution in [0.15, 0.2) is 72.1 Å². The summed E-state index contributed by atoms with van der Waals surface area (Å²) in [5, 5.41) is 6.32. The van der Waals surface area contributed by atoms with Crippen molar-refractivity contribution in [2.24, 2.45) is 0 Å². The molecule has 160 valence electrons. The van der Waals surface area contributed by atoms with Crippen LogP contribution in [0.2, 0.25) is 0 Å². The fourth-order valence-electron chi connectivity index (χ4n) is 3.52. The zero-order valence-electron chi connectivity index (χ0n) is 17.4. The third-order valence-corrected chi connectivity index (χ3v) is 7.51. The Hall–Kier alpha value is -3.85. The first-order chi connectivity index (χ1) is 15.4. The molecule has 0 radical (unpaired) electrons. The van der Waals surface area contributed by atoms with E-state index in [9.17, 15) is 8.42 Å². The van der Waals surface area contributed by atoms with Crippen LogP contribution >= 0.6 is 0 Å². The molecule has 2 N–H and O–H groups in total. The highest BCUT2D eigenvalue weighted by atomic mass is 32.2. The summed E-state index contributed by atoms with van der Waals surface area (Å²) in [5.74, 6) is 0.690. The number of nitrogens with zero attached hydrogens (tertiary/aromatic N) is 4. The maximum atomic E-state index is 12.4. The van der Waals surface area contributed by atoms with E-state index in [1.165, 1.54) is 6.33 Å². The molecule has 0 unspecified atom stereocenters. The summed E-state index contributed by atoms with van der Waals surface area (Å²) >= 11 is 0. The van der Waals surface area contributed by atoms with Gasteiger partial charge in [-0.2, -0.15) is 5.10 Å². The summed E-state index contributed by atoms with van der Waals surface area (Å²) in [6.07, 6.45) is 5.04. The van der Waals surface area contributed by atoms with Gasteiger partial charge < -0.3 is 4.98 Å². The summed E-state index contributed by atoms with van der Waals surface area (Å²) < 4.78 is 24.8. The van der Waals surface area contributed by atoms with Crippen molar-refractivity contribution in [3.8, 4) is 33.8 Å². The van der Waals surface area contributed by atoms with E-state index in [0.717, 1.165) is 27.8 Å². The number of aromatic nitrogens is 6. The van der Waals surface area contributed by atoms with Gasteiger partial charge in [0.15, 0.2) is 21.3 Å². The van der Waals surface area contributed by atoms with Crippen molar-refractivity contribution < 1.29 is 8.42 Å². The van der Waals surface area contributed by atoms with E-state index in [2.05, 4.69) is 25.1 Å². The molecule has 5 aromatic rings. The van der Waals surface area contributed by atoms with E-state index in [-0.39, 0.29) is 0 Å². The second kappa shape index (κ2) is 7.69. The quantitative estimate of drug-likeness (QED) is 0.418. The van der Waals surface area contributed by atoms with Crippen molar-refractivity contribution in [1.82, 2.24) is 30.1 Å². The lowest BCUT2D eigenvalue weighted by Crippen LogP contribution is -2.13. The van der Waals surface area contributed by atoms with Crippen LogP contribution in [0.5, 0.6) is 0 Å². The number of aromatic amines is 2. The van der Waals surface area contributed by atoms with Crippen molar-refractivity contribution in [3.05, 3.63) is 67.3 Å². The highest BCUT2D eigenvalue weighted by Gasteiger charge is 2.19. The number of H-pyrrole nitrogens is 2. The minimum Gasteiger partial charge on any atom is -0.344 e. The second-order valence-corrected chi connectivity index (χ2v) is 10.2. The van der Waals surface area contributed by atoms with E-state index >= 15 is 0 Å². The molecule has 0 aliphatic carbocycles. The molecule has 0 saturated carbocycles. The van der Waals surface area contributed by atoms with Crippen molar-refractivity contribution in [2.75, 3.05) is 0 Å². The van der Waals surface area contributed by atoms with Gasteiger partial charge in [0.1, 0.15) is 11.8 Å². The van der Waals surface area contributed by atoms with Crippen LogP contribution in [0.4, 0.5) is 0 Å². The third-order valence-electron chi connectivity index (χ3n) is 5.34. The molecule has 0 bridgehead atoms. The van der Waals surface area contributed by atoms with E-state index in [1.807, 2.05) is 30.5 Å². The Morgan fingerprint density at radius 3 is 2.44 bits per heavy atom. The Labute approximate surface area is 184 Å². The van der Waals surface area contributed by atoms with E-state index < -0.39 is 15.1 Å². The number of rotatable bonds is 5. The Morgan fingerprint density at radius 2 is 1.72 bits per heavy atom. The highest BCUT2D eigenvalue weighted by Crippen LogP contribution is 2.31. The molecule has 0 atom stereocenters. The number of fused-ring (bicyclic) bond motifs is 1. The van der Waals surface area contributed by atoms with Gasteiger partial charge in [-0.25, -0.2) is 23.4 Å². The molecule has 3 aromatic heterocycles. The van der Waals surface area contributed by atoms with E-state index in [4.69, 9.17) is 4.98 Å². The Morgan fingerprint density at radius 1 is 0.938 bits per heavy atom. The van der Waals surface area contributed by atoms with Crippen LogP contribution in [-0.4, -0.2) is 43.8 Å². The largest absolute Gasteiger partial charge is 0.344 e. The lowest BCUT2D eigenvalue weighted by Gasteiger charge is -2.08. The van der Waals surface area contributed by atoms with Crippen LogP contribution in [0.25, 0.3) is 44.9 Å². The van der Waals surface area contributed by atoms with Crippen molar-refractivity contribution >= 4 is 21.0 Å². The zero-order chi connectivity index (χ0) is 22.3. The van der Waals surface area contributed by atoms with Gasteiger partial charge in [-0.15, -0.1) is 0 Å². The smallest absolute Gasteiger partial charge is 0.180 e.